The van der Waals surface area contributed by atoms with E-state index in [9.17, 15) is 9.59 Å². The van der Waals surface area contributed by atoms with Crippen molar-refractivity contribution in [1.29, 1.82) is 0 Å². The molecule has 1 N–H and O–H groups in total. The van der Waals surface area contributed by atoms with E-state index in [-0.39, 0.29) is 28.7 Å². The zero-order chi connectivity index (χ0) is 18.6. The number of amides is 1. The molecule has 2 aromatic rings. The molecular formula is C19H27N3O2S. The zero-order valence-corrected chi connectivity index (χ0v) is 16.4. The summed E-state index contributed by atoms with van der Waals surface area (Å²) in [6, 6.07) is 7.30. The van der Waals surface area contributed by atoms with Gasteiger partial charge in [-0.05, 0) is 37.8 Å². The number of para-hydroxylation sites is 1. The van der Waals surface area contributed by atoms with Crippen LogP contribution >= 0.6 is 11.8 Å². The minimum atomic E-state index is -0.0590. The summed E-state index contributed by atoms with van der Waals surface area (Å²) in [4.78, 5) is 29.4. The normalized spacial score (nSPS) is 11.9. The topological polar surface area (TPSA) is 64.0 Å². The van der Waals surface area contributed by atoms with E-state index in [2.05, 4.69) is 31.1 Å². The van der Waals surface area contributed by atoms with Crippen LogP contribution in [0.3, 0.4) is 0 Å². The molecule has 1 amide bonds. The fourth-order valence-corrected chi connectivity index (χ4v) is 3.40. The SMILES string of the molecule is CC(C)n1c(SCC(=O)NCCC(C)(C)C)nc2ccccc2c1=O. The van der Waals surface area contributed by atoms with Crippen LogP contribution in [0.4, 0.5) is 0 Å². The molecule has 0 saturated heterocycles. The van der Waals surface area contributed by atoms with Crippen molar-refractivity contribution >= 4 is 28.6 Å². The van der Waals surface area contributed by atoms with Crippen LogP contribution in [0.25, 0.3) is 10.9 Å². The van der Waals surface area contributed by atoms with Crippen LogP contribution in [0.2, 0.25) is 0 Å². The van der Waals surface area contributed by atoms with Crippen LogP contribution < -0.4 is 10.9 Å². The minimum absolute atomic E-state index is 0.0175. The number of rotatable bonds is 6. The Labute approximate surface area is 153 Å². The number of thioether (sulfide) groups is 1. The average molecular weight is 362 g/mol. The van der Waals surface area contributed by atoms with Gasteiger partial charge in [-0.25, -0.2) is 4.98 Å². The Kier molecular flexibility index (Phi) is 6.27. The Morgan fingerprint density at radius 1 is 1.28 bits per heavy atom. The lowest BCUT2D eigenvalue weighted by atomic mass is 9.92. The van der Waals surface area contributed by atoms with Crippen molar-refractivity contribution in [3.63, 3.8) is 0 Å². The van der Waals surface area contributed by atoms with Gasteiger partial charge in [-0.15, -0.1) is 0 Å². The standard InChI is InChI=1S/C19H27N3O2S/c1-13(2)22-17(24)14-8-6-7-9-15(14)21-18(22)25-12-16(23)20-11-10-19(3,4)5/h6-9,13H,10-12H2,1-5H3,(H,20,23). The van der Waals surface area contributed by atoms with Gasteiger partial charge in [-0.3, -0.25) is 14.2 Å². The summed E-state index contributed by atoms with van der Waals surface area (Å²) < 4.78 is 1.66. The Morgan fingerprint density at radius 3 is 2.60 bits per heavy atom. The summed E-state index contributed by atoms with van der Waals surface area (Å²) in [5.74, 6) is 0.216. The van der Waals surface area contributed by atoms with Crippen molar-refractivity contribution in [3.05, 3.63) is 34.6 Å². The Morgan fingerprint density at radius 2 is 1.96 bits per heavy atom. The van der Waals surface area contributed by atoms with E-state index in [1.165, 1.54) is 11.8 Å². The zero-order valence-electron chi connectivity index (χ0n) is 15.6. The largest absolute Gasteiger partial charge is 0.355 e. The lowest BCUT2D eigenvalue weighted by molar-refractivity contribution is -0.118. The average Bonchev–Trinajstić information content (AvgIpc) is 2.51. The Bertz CT molecular complexity index is 806. The summed E-state index contributed by atoms with van der Waals surface area (Å²) >= 11 is 1.31. The highest BCUT2D eigenvalue weighted by atomic mass is 32.2. The molecule has 0 unspecified atom stereocenters. The summed E-state index contributed by atoms with van der Waals surface area (Å²) in [6.07, 6.45) is 0.925. The van der Waals surface area contributed by atoms with E-state index in [1.807, 2.05) is 32.0 Å². The third kappa shape index (κ3) is 5.33. The molecule has 0 bridgehead atoms. The molecule has 0 radical (unpaired) electrons. The minimum Gasteiger partial charge on any atom is -0.355 e. The Hall–Kier alpha value is -1.82. The van der Waals surface area contributed by atoms with E-state index < -0.39 is 0 Å². The highest BCUT2D eigenvalue weighted by molar-refractivity contribution is 7.99. The number of carbonyl (C=O) groups is 1. The fourth-order valence-electron chi connectivity index (χ4n) is 2.44. The molecule has 2 rings (SSSR count). The van der Waals surface area contributed by atoms with Gasteiger partial charge in [0.15, 0.2) is 5.16 Å². The number of nitrogens with zero attached hydrogens (tertiary/aromatic N) is 2. The van der Waals surface area contributed by atoms with E-state index >= 15 is 0 Å². The highest BCUT2D eigenvalue weighted by Crippen LogP contribution is 2.21. The predicted octanol–water partition coefficient (Wildman–Crippen LogP) is 3.62. The molecule has 0 saturated carbocycles. The maximum Gasteiger partial charge on any atom is 0.262 e. The molecule has 5 nitrogen and oxygen atoms in total. The highest BCUT2D eigenvalue weighted by Gasteiger charge is 2.15. The van der Waals surface area contributed by atoms with Crippen LogP contribution in [0, 0.1) is 5.41 Å². The summed E-state index contributed by atoms with van der Waals surface area (Å²) in [5.41, 5.74) is 0.801. The van der Waals surface area contributed by atoms with E-state index in [4.69, 9.17) is 0 Å². The molecule has 0 fully saturated rings. The summed E-state index contributed by atoms with van der Waals surface area (Å²) in [5, 5.41) is 4.13. The smallest absolute Gasteiger partial charge is 0.262 e. The van der Waals surface area contributed by atoms with E-state index in [0.717, 1.165) is 6.42 Å². The van der Waals surface area contributed by atoms with Crippen molar-refractivity contribution in [2.75, 3.05) is 12.3 Å². The summed E-state index contributed by atoms with van der Waals surface area (Å²) in [6.45, 7) is 11.0. The maximum absolute atomic E-state index is 12.7. The van der Waals surface area contributed by atoms with Crippen molar-refractivity contribution in [3.8, 4) is 0 Å². The van der Waals surface area contributed by atoms with Gasteiger partial charge in [0.05, 0.1) is 16.7 Å². The molecule has 6 heteroatoms. The molecule has 1 heterocycles. The number of hydrogen-bond acceptors (Lipinski definition) is 4. The van der Waals surface area contributed by atoms with Crippen LogP contribution in [0.5, 0.6) is 0 Å². The number of fused-ring (bicyclic) bond motifs is 1. The predicted molar refractivity (Wildman–Crippen MR) is 104 cm³/mol. The first kappa shape index (κ1) is 19.5. The lowest BCUT2D eigenvalue weighted by Crippen LogP contribution is -2.29. The molecule has 25 heavy (non-hydrogen) atoms. The van der Waals surface area contributed by atoms with Crippen molar-refractivity contribution in [2.24, 2.45) is 5.41 Å². The second-order valence-corrected chi connectivity index (χ2v) is 8.57. The van der Waals surface area contributed by atoms with Gasteiger partial charge in [-0.2, -0.15) is 0 Å². The first-order chi connectivity index (χ1) is 11.7. The molecule has 1 aromatic carbocycles. The molecule has 1 aromatic heterocycles. The van der Waals surface area contributed by atoms with Crippen molar-refractivity contribution in [1.82, 2.24) is 14.9 Å². The van der Waals surface area contributed by atoms with Gasteiger partial charge in [0.1, 0.15) is 0 Å². The second-order valence-electron chi connectivity index (χ2n) is 7.63. The molecule has 0 spiro atoms. The van der Waals surface area contributed by atoms with Gasteiger partial charge >= 0.3 is 0 Å². The molecule has 136 valence electrons. The van der Waals surface area contributed by atoms with Crippen LogP contribution in [-0.4, -0.2) is 27.8 Å². The molecular weight excluding hydrogens is 334 g/mol. The lowest BCUT2D eigenvalue weighted by Gasteiger charge is -2.18. The number of aromatic nitrogens is 2. The van der Waals surface area contributed by atoms with Gasteiger partial charge in [0.2, 0.25) is 5.91 Å². The first-order valence-corrected chi connectivity index (χ1v) is 9.58. The molecule has 0 aliphatic heterocycles. The first-order valence-electron chi connectivity index (χ1n) is 8.60. The number of benzene rings is 1. The quantitative estimate of drug-likeness (QED) is 0.630. The van der Waals surface area contributed by atoms with E-state index in [0.29, 0.717) is 22.6 Å². The van der Waals surface area contributed by atoms with Gasteiger partial charge < -0.3 is 5.32 Å². The van der Waals surface area contributed by atoms with Gasteiger partial charge in [-0.1, -0.05) is 44.7 Å². The summed E-state index contributed by atoms with van der Waals surface area (Å²) in [7, 11) is 0. The fraction of sp³-hybridized carbons (Fsp3) is 0.526. The number of nitrogens with one attached hydrogen (secondary N) is 1. The number of hydrogen-bond donors (Lipinski definition) is 1. The molecule has 0 aliphatic rings. The third-order valence-electron chi connectivity index (χ3n) is 3.82. The van der Waals surface area contributed by atoms with E-state index in [1.54, 1.807) is 10.6 Å². The van der Waals surface area contributed by atoms with Crippen LogP contribution in [0.1, 0.15) is 47.1 Å². The third-order valence-corrected chi connectivity index (χ3v) is 4.77. The van der Waals surface area contributed by atoms with Crippen molar-refractivity contribution < 1.29 is 4.79 Å². The van der Waals surface area contributed by atoms with Crippen LogP contribution in [-0.2, 0) is 4.79 Å². The molecule has 0 atom stereocenters. The maximum atomic E-state index is 12.7. The monoisotopic (exact) mass is 361 g/mol. The second kappa shape index (κ2) is 8.04. The molecule has 0 aliphatic carbocycles. The van der Waals surface area contributed by atoms with Crippen LogP contribution in [0.15, 0.2) is 34.2 Å². The van der Waals surface area contributed by atoms with Gasteiger partial charge in [0, 0.05) is 12.6 Å². The Balaban J connectivity index is 2.13. The van der Waals surface area contributed by atoms with Gasteiger partial charge in [0.25, 0.3) is 5.56 Å². The van der Waals surface area contributed by atoms with Crippen molar-refractivity contribution in [2.45, 2.75) is 52.2 Å². The number of carbonyl (C=O) groups excluding carboxylic acids is 1.